The Labute approximate surface area is 427 Å². The number of rotatable bonds is 21. The number of ether oxygens (including phenoxy) is 4. The monoisotopic (exact) mass is 1170 g/mol. The van der Waals surface area contributed by atoms with Crippen LogP contribution in [0.4, 0.5) is 17.7 Å². The summed E-state index contributed by atoms with van der Waals surface area (Å²) in [5.41, 5.74) is 9.77. The van der Waals surface area contributed by atoms with Crippen molar-refractivity contribution in [2.45, 2.75) is 80.5 Å². The predicted molar refractivity (Wildman–Crippen MR) is 249 cm³/mol. The third-order valence-electron chi connectivity index (χ3n) is 11.9. The van der Waals surface area contributed by atoms with Crippen molar-refractivity contribution in [3.05, 3.63) is 46.0 Å². The standard InChI is InChI=1S/C34H47N15O24P4/c1-4-37-24-15-25(39-8-38-24)47(9-40-15)32-23(64-3)22(71-74(56,57)65-5-12-18(50)20(52)30(68-12)48-10-41-16-26(48)42-33(35)44-28(16)54)14(70-32)7-67-76(60,61)73-77(62,63)72-75(58,59)66-6-13-19(51)21(53)31(69-13)49-11-46(2)17-27(49)43-34(36)45-29(17)55/h8-14,18-23,30-32,50-53H,4-7H2,1-3H3,(H10-,35,36,37,38,39,42,43,44,45,54,55,56,57,58,59,60,61,62,63)/p+1/t12-,13-,14-,18?,19?,20+,21?,22?,23+,30-,31-,32-/m1/s1. The Morgan fingerprint density at radius 1 is 0.701 bits per heavy atom. The molecular formula is C34H48N15O24P4+. The van der Waals surface area contributed by atoms with E-state index in [2.05, 4.69) is 53.8 Å². The van der Waals surface area contributed by atoms with Crippen molar-refractivity contribution in [1.29, 1.82) is 0 Å². The number of hydrogen-bond acceptors (Lipinski definition) is 29. The molecule has 0 aromatic carbocycles. The van der Waals surface area contributed by atoms with Gasteiger partial charge in [-0.15, -0.1) is 0 Å². The van der Waals surface area contributed by atoms with Gasteiger partial charge in [0, 0.05) is 13.7 Å². The van der Waals surface area contributed by atoms with Gasteiger partial charge >= 0.3 is 36.9 Å². The van der Waals surface area contributed by atoms with E-state index in [0.717, 1.165) is 22.6 Å². The normalized spacial score (nSPS) is 30.0. The van der Waals surface area contributed by atoms with Crippen molar-refractivity contribution < 1.29 is 108 Å². The maximum absolute atomic E-state index is 13.8. The zero-order valence-corrected chi connectivity index (χ0v) is 43.2. The fourth-order valence-electron chi connectivity index (χ4n) is 8.57. The van der Waals surface area contributed by atoms with Crippen LogP contribution >= 0.6 is 31.3 Å². The number of methoxy groups -OCH3 is 1. The summed E-state index contributed by atoms with van der Waals surface area (Å²) in [6.45, 7) is -1.18. The van der Waals surface area contributed by atoms with Crippen LogP contribution in [0.5, 0.6) is 0 Å². The van der Waals surface area contributed by atoms with Gasteiger partial charge in [0.05, 0.1) is 39.5 Å². The number of aliphatic hydroxyl groups excluding tert-OH is 4. The first-order valence-corrected chi connectivity index (χ1v) is 28.2. The number of phosphoric acid groups is 4. The van der Waals surface area contributed by atoms with E-state index in [0.29, 0.717) is 6.54 Å². The second kappa shape index (κ2) is 21.5. The van der Waals surface area contributed by atoms with Gasteiger partial charge in [0.15, 0.2) is 46.9 Å². The number of aryl methyl sites for hydroxylation is 1. The highest BCUT2D eigenvalue weighted by Crippen LogP contribution is 2.68. The van der Waals surface area contributed by atoms with E-state index in [1.807, 2.05) is 0 Å². The SMILES string of the molecule is CCNc1ncnc2c1ncn2[C@@H]1O[C@H](COP(=O)(O)OP(=O)(O)OP(=O)(O)OC[C@H]2O[C@@H]([n+]3cn(C)c4c(=O)[nH]c(N)nc43)C(O)C2O)C(OP(=O)(O)OC[C@H]2O[C@@H](n3cnc4c(=O)[nH]c(N)nc43)[C@@H](O)C2O)[C@@H]1OC. The van der Waals surface area contributed by atoms with Gasteiger partial charge < -0.3 is 75.7 Å². The fraction of sp³-hybridized carbons (Fsp3) is 0.559. The molecule has 39 nitrogen and oxygen atoms in total. The van der Waals surface area contributed by atoms with Crippen LogP contribution in [0.15, 0.2) is 34.9 Å². The molecule has 0 amide bonds. The first-order valence-electron chi connectivity index (χ1n) is 22.2. The number of aromatic nitrogens is 12. The second-order valence-electron chi connectivity index (χ2n) is 17.0. The Morgan fingerprint density at radius 3 is 1.94 bits per heavy atom. The number of nitrogens with one attached hydrogen (secondary N) is 3. The van der Waals surface area contributed by atoms with Gasteiger partial charge in [-0.05, 0) is 6.92 Å². The molecule has 15 N–H and O–H groups in total. The molecule has 9 heterocycles. The summed E-state index contributed by atoms with van der Waals surface area (Å²) in [7, 11) is -20.9. The maximum Gasteiger partial charge on any atom is 0.490 e. The van der Waals surface area contributed by atoms with Gasteiger partial charge in [0.1, 0.15) is 61.3 Å². The third-order valence-corrected chi connectivity index (χ3v) is 17.1. The van der Waals surface area contributed by atoms with Crippen LogP contribution < -0.4 is 32.5 Å². The molecule has 6 aromatic rings. The Morgan fingerprint density at radius 2 is 1.27 bits per heavy atom. The molecule has 43 heteroatoms. The highest BCUT2D eigenvalue weighted by atomic mass is 31.3. The summed E-state index contributed by atoms with van der Waals surface area (Å²) >= 11 is 0. The predicted octanol–water partition coefficient (Wildman–Crippen LogP) is -3.86. The van der Waals surface area contributed by atoms with Crippen molar-refractivity contribution >= 4 is 82.5 Å². The number of anilines is 3. The minimum Gasteiger partial charge on any atom is -0.387 e. The van der Waals surface area contributed by atoms with E-state index in [1.165, 1.54) is 35.2 Å². The van der Waals surface area contributed by atoms with Crippen LogP contribution in [0.3, 0.4) is 0 Å². The van der Waals surface area contributed by atoms with Crippen LogP contribution in [-0.4, -0.2) is 182 Å². The molecule has 9 rings (SSSR count). The lowest BCUT2D eigenvalue weighted by atomic mass is 10.1. The van der Waals surface area contributed by atoms with Gasteiger partial charge in [0.25, 0.3) is 17.1 Å². The summed E-state index contributed by atoms with van der Waals surface area (Å²) < 4.78 is 109. The lowest BCUT2D eigenvalue weighted by molar-refractivity contribution is -0.745. The molecule has 0 bridgehead atoms. The Balaban J connectivity index is 0.873. The van der Waals surface area contributed by atoms with Gasteiger partial charge in [0.2, 0.25) is 17.7 Å². The summed E-state index contributed by atoms with van der Waals surface area (Å²) in [6.07, 6.45) is -15.5. The second-order valence-corrected chi connectivity index (χ2v) is 23.0. The smallest absolute Gasteiger partial charge is 0.387 e. The number of nitrogen functional groups attached to an aromatic ring is 2. The Hall–Kier alpha value is -5.15. The van der Waals surface area contributed by atoms with E-state index in [4.69, 9.17) is 48.5 Å². The third kappa shape index (κ3) is 11.5. The molecular weight excluding hydrogens is 1130 g/mol. The van der Waals surface area contributed by atoms with Crippen molar-refractivity contribution in [2.75, 3.05) is 50.3 Å². The van der Waals surface area contributed by atoms with Gasteiger partial charge in [-0.25, -0.2) is 42.8 Å². The molecule has 3 aliphatic rings. The fourth-order valence-corrected chi connectivity index (χ4v) is 13.0. The minimum absolute atomic E-state index is 0.0216. The average Bonchev–Trinajstić information content (AvgIpc) is 4.20. The van der Waals surface area contributed by atoms with E-state index in [1.54, 1.807) is 6.92 Å². The van der Waals surface area contributed by atoms with E-state index in [-0.39, 0.29) is 51.2 Å². The van der Waals surface area contributed by atoms with Crippen LogP contribution in [0.1, 0.15) is 25.6 Å². The molecule has 77 heavy (non-hydrogen) atoms. The minimum atomic E-state index is -6.20. The van der Waals surface area contributed by atoms with Gasteiger partial charge in [-0.1, -0.05) is 4.98 Å². The maximum atomic E-state index is 13.8. The number of hydrogen-bond donors (Lipinski definition) is 13. The van der Waals surface area contributed by atoms with Crippen molar-refractivity contribution in [2.24, 2.45) is 7.05 Å². The molecule has 0 spiro atoms. The van der Waals surface area contributed by atoms with Crippen molar-refractivity contribution in [1.82, 2.24) is 53.6 Å². The number of fused-ring (bicyclic) bond motifs is 3. The summed E-state index contributed by atoms with van der Waals surface area (Å²) in [5.74, 6) is -0.337. The summed E-state index contributed by atoms with van der Waals surface area (Å²) in [5, 5.41) is 46.3. The summed E-state index contributed by atoms with van der Waals surface area (Å²) in [6, 6.07) is 0. The van der Waals surface area contributed by atoms with Crippen molar-refractivity contribution in [3.63, 3.8) is 0 Å². The molecule has 0 radical (unpaired) electrons. The number of phosphoric ester groups is 3. The molecule has 3 aliphatic heterocycles. The Kier molecular flexibility index (Phi) is 15.8. The number of imidazole rings is 3. The number of aromatic amines is 2. The largest absolute Gasteiger partial charge is 0.490 e. The highest BCUT2D eigenvalue weighted by Gasteiger charge is 2.54. The number of aliphatic hydroxyl groups is 4. The molecule has 0 aliphatic carbocycles. The van der Waals surface area contributed by atoms with Gasteiger partial charge in [-0.2, -0.15) is 13.6 Å². The van der Waals surface area contributed by atoms with E-state index < -0.39 is 136 Å². The summed E-state index contributed by atoms with van der Waals surface area (Å²) in [4.78, 5) is 96.5. The van der Waals surface area contributed by atoms with Crippen LogP contribution in [0.25, 0.3) is 33.5 Å². The molecule has 3 saturated heterocycles. The highest BCUT2D eigenvalue weighted by molar-refractivity contribution is 7.66. The van der Waals surface area contributed by atoms with Gasteiger partial charge in [-0.3, -0.25) is 51.4 Å². The Bertz CT molecular complexity index is 3510. The molecule has 422 valence electrons. The van der Waals surface area contributed by atoms with Crippen LogP contribution in [0, 0.1) is 0 Å². The number of nitrogens with zero attached hydrogens (tertiary/aromatic N) is 10. The van der Waals surface area contributed by atoms with E-state index >= 15 is 0 Å². The first kappa shape index (κ1) is 56.6. The topological polar surface area (TPSA) is 548 Å². The molecule has 3 fully saturated rings. The van der Waals surface area contributed by atoms with E-state index in [9.17, 15) is 67.8 Å². The zero-order chi connectivity index (χ0) is 55.7. The lowest BCUT2D eigenvalue weighted by Crippen LogP contribution is -2.46. The lowest BCUT2D eigenvalue weighted by Gasteiger charge is -2.26. The molecule has 8 unspecified atom stereocenters. The molecule has 16 atom stereocenters. The van der Waals surface area contributed by atoms with Crippen LogP contribution in [-0.2, 0) is 71.0 Å². The number of H-pyrrole nitrogens is 2. The zero-order valence-electron chi connectivity index (χ0n) is 39.6. The quantitative estimate of drug-likeness (QED) is 0.0242. The van der Waals surface area contributed by atoms with Crippen LogP contribution in [0.2, 0.25) is 0 Å². The molecule has 0 saturated carbocycles. The first-order chi connectivity index (χ1) is 36.2. The van der Waals surface area contributed by atoms with Crippen molar-refractivity contribution in [3.8, 4) is 0 Å². The average molecular weight is 1170 g/mol. The number of nitrogens with two attached hydrogens (primary N) is 2. The molecule has 6 aromatic heterocycles.